The fourth-order valence-corrected chi connectivity index (χ4v) is 4.27. The molecule has 0 aliphatic carbocycles. The number of carbonyl (C=O) groups excluding carboxylic acids is 1. The average molecular weight is 364 g/mol. The van der Waals surface area contributed by atoms with Crippen molar-refractivity contribution >= 4 is 27.4 Å². The van der Waals surface area contributed by atoms with E-state index in [1.54, 1.807) is 19.1 Å². The molecule has 2 heterocycles. The van der Waals surface area contributed by atoms with Crippen LogP contribution in [0.4, 0.5) is 16.0 Å². The van der Waals surface area contributed by atoms with Gasteiger partial charge in [-0.1, -0.05) is 12.1 Å². The number of rotatable bonds is 4. The Kier molecular flexibility index (Phi) is 4.67. The Bertz CT molecular complexity index is 917. The van der Waals surface area contributed by atoms with Crippen LogP contribution in [0.2, 0.25) is 0 Å². The number of hydrogen-bond acceptors (Lipinski definition) is 6. The van der Waals surface area contributed by atoms with Gasteiger partial charge < -0.3 is 10.6 Å². The van der Waals surface area contributed by atoms with Gasteiger partial charge in [0, 0.05) is 11.7 Å². The van der Waals surface area contributed by atoms with Crippen molar-refractivity contribution in [1.29, 1.82) is 0 Å². The van der Waals surface area contributed by atoms with Crippen molar-refractivity contribution in [1.82, 2.24) is 15.3 Å². The maximum atomic E-state index is 13.7. The van der Waals surface area contributed by atoms with Crippen molar-refractivity contribution in [2.45, 2.75) is 19.4 Å². The van der Waals surface area contributed by atoms with Gasteiger partial charge in [0.2, 0.25) is 5.95 Å². The predicted octanol–water partition coefficient (Wildman–Crippen LogP) is 1.58. The van der Waals surface area contributed by atoms with Gasteiger partial charge >= 0.3 is 0 Å². The van der Waals surface area contributed by atoms with E-state index < -0.39 is 27.6 Å². The first-order valence-electron chi connectivity index (χ1n) is 7.71. The molecule has 2 N–H and O–H groups in total. The molecule has 3 rings (SSSR count). The Morgan fingerprint density at radius 3 is 2.72 bits per heavy atom. The number of halogens is 1. The van der Waals surface area contributed by atoms with Gasteiger partial charge in [-0.15, -0.1) is 0 Å². The monoisotopic (exact) mass is 364 g/mol. The molecule has 1 aliphatic heterocycles. The van der Waals surface area contributed by atoms with Crippen molar-refractivity contribution in [3.63, 3.8) is 0 Å². The van der Waals surface area contributed by atoms with E-state index in [4.69, 9.17) is 0 Å². The minimum atomic E-state index is -3.09. The maximum Gasteiger partial charge on any atom is 0.270 e. The number of amides is 1. The third-order valence-corrected chi connectivity index (χ3v) is 5.54. The molecule has 2 aromatic rings. The molecule has 0 bridgehead atoms. The van der Waals surface area contributed by atoms with Gasteiger partial charge in [-0.25, -0.2) is 22.8 Å². The zero-order chi connectivity index (χ0) is 18.0. The van der Waals surface area contributed by atoms with E-state index in [-0.39, 0.29) is 28.8 Å². The predicted molar refractivity (Wildman–Crippen MR) is 91.0 cm³/mol. The molecule has 1 saturated heterocycles. The van der Waals surface area contributed by atoms with Crippen LogP contribution >= 0.6 is 0 Å². The molecule has 1 atom stereocenters. The SMILES string of the molecule is Cc1cc(C(=O)NC2CCS(=O)(=O)C2)nc(Nc2ccccc2F)n1. The Morgan fingerprint density at radius 1 is 1.28 bits per heavy atom. The second-order valence-corrected chi connectivity index (χ2v) is 8.13. The lowest BCUT2D eigenvalue weighted by Gasteiger charge is -2.12. The van der Waals surface area contributed by atoms with Crippen molar-refractivity contribution in [3.05, 3.63) is 47.5 Å². The van der Waals surface area contributed by atoms with Crippen LogP contribution < -0.4 is 10.6 Å². The summed E-state index contributed by atoms with van der Waals surface area (Å²) < 4.78 is 36.7. The largest absolute Gasteiger partial charge is 0.347 e. The zero-order valence-corrected chi connectivity index (χ0v) is 14.3. The van der Waals surface area contributed by atoms with Crippen LogP contribution in [0.15, 0.2) is 30.3 Å². The summed E-state index contributed by atoms with van der Waals surface area (Å²) in [7, 11) is -3.09. The van der Waals surface area contributed by atoms with E-state index >= 15 is 0 Å². The molecule has 0 radical (unpaired) electrons. The summed E-state index contributed by atoms with van der Waals surface area (Å²) in [6.45, 7) is 1.69. The molecule has 1 unspecified atom stereocenters. The van der Waals surface area contributed by atoms with Gasteiger partial charge in [-0.3, -0.25) is 4.79 Å². The minimum Gasteiger partial charge on any atom is -0.347 e. The first-order chi connectivity index (χ1) is 11.8. The zero-order valence-electron chi connectivity index (χ0n) is 13.5. The number of aromatic nitrogens is 2. The highest BCUT2D eigenvalue weighted by Gasteiger charge is 2.29. The quantitative estimate of drug-likeness (QED) is 0.854. The topological polar surface area (TPSA) is 101 Å². The second kappa shape index (κ2) is 6.75. The lowest BCUT2D eigenvalue weighted by molar-refractivity contribution is 0.0936. The molecular weight excluding hydrogens is 347 g/mol. The fraction of sp³-hybridized carbons (Fsp3) is 0.312. The molecule has 1 aromatic heterocycles. The normalized spacial score (nSPS) is 18.7. The third kappa shape index (κ3) is 4.30. The molecule has 0 spiro atoms. The van der Waals surface area contributed by atoms with Crippen LogP contribution in [0.25, 0.3) is 0 Å². The van der Waals surface area contributed by atoms with E-state index in [9.17, 15) is 17.6 Å². The Labute approximate surface area is 144 Å². The molecule has 1 amide bonds. The molecule has 7 nitrogen and oxygen atoms in total. The van der Waals surface area contributed by atoms with E-state index in [1.165, 1.54) is 18.2 Å². The lowest BCUT2D eigenvalue weighted by Crippen LogP contribution is -2.36. The number of aryl methyl sites for hydroxylation is 1. The van der Waals surface area contributed by atoms with Crippen LogP contribution in [0.1, 0.15) is 22.6 Å². The van der Waals surface area contributed by atoms with Crippen LogP contribution in [0, 0.1) is 12.7 Å². The van der Waals surface area contributed by atoms with E-state index in [0.717, 1.165) is 0 Å². The molecule has 1 aromatic carbocycles. The highest BCUT2D eigenvalue weighted by molar-refractivity contribution is 7.91. The van der Waals surface area contributed by atoms with Crippen LogP contribution in [-0.2, 0) is 9.84 Å². The van der Waals surface area contributed by atoms with E-state index in [2.05, 4.69) is 20.6 Å². The molecule has 132 valence electrons. The maximum absolute atomic E-state index is 13.7. The van der Waals surface area contributed by atoms with Gasteiger partial charge in [0.05, 0.1) is 17.2 Å². The molecule has 9 heteroatoms. The van der Waals surface area contributed by atoms with Gasteiger partial charge in [0.1, 0.15) is 11.5 Å². The number of hydrogen-bond donors (Lipinski definition) is 2. The number of nitrogens with zero attached hydrogens (tertiary/aromatic N) is 2. The van der Waals surface area contributed by atoms with E-state index in [1.807, 2.05) is 0 Å². The Hall–Kier alpha value is -2.55. The highest BCUT2D eigenvalue weighted by Crippen LogP contribution is 2.18. The summed E-state index contributed by atoms with van der Waals surface area (Å²) in [6, 6.07) is 7.12. The van der Waals surface area contributed by atoms with Gasteiger partial charge in [-0.2, -0.15) is 0 Å². The number of carbonyl (C=O) groups is 1. The number of benzene rings is 1. The number of para-hydroxylation sites is 1. The summed E-state index contributed by atoms with van der Waals surface area (Å²) in [5.74, 6) is -0.850. The van der Waals surface area contributed by atoms with Gasteiger partial charge in [-0.05, 0) is 31.5 Å². The second-order valence-electron chi connectivity index (χ2n) is 5.90. The van der Waals surface area contributed by atoms with Crippen molar-refractivity contribution in [2.24, 2.45) is 0 Å². The first-order valence-corrected chi connectivity index (χ1v) is 9.53. The van der Waals surface area contributed by atoms with Gasteiger partial charge in [0.15, 0.2) is 9.84 Å². The van der Waals surface area contributed by atoms with Gasteiger partial charge in [0.25, 0.3) is 5.91 Å². The smallest absolute Gasteiger partial charge is 0.270 e. The average Bonchev–Trinajstić information content (AvgIpc) is 2.88. The van der Waals surface area contributed by atoms with Crippen LogP contribution in [0.3, 0.4) is 0 Å². The summed E-state index contributed by atoms with van der Waals surface area (Å²) >= 11 is 0. The van der Waals surface area contributed by atoms with Crippen molar-refractivity contribution in [2.75, 3.05) is 16.8 Å². The Balaban J connectivity index is 1.77. The van der Waals surface area contributed by atoms with Crippen molar-refractivity contribution in [3.8, 4) is 0 Å². The molecule has 1 fully saturated rings. The molecule has 1 aliphatic rings. The first kappa shape index (κ1) is 17.3. The lowest BCUT2D eigenvalue weighted by atomic mass is 10.2. The summed E-state index contributed by atoms with van der Waals surface area (Å²) in [6.07, 6.45) is 0.387. The molecule has 25 heavy (non-hydrogen) atoms. The minimum absolute atomic E-state index is 0.0663. The summed E-state index contributed by atoms with van der Waals surface area (Å²) in [4.78, 5) is 20.6. The van der Waals surface area contributed by atoms with Crippen molar-refractivity contribution < 1.29 is 17.6 Å². The third-order valence-electron chi connectivity index (χ3n) is 3.77. The summed E-state index contributed by atoms with van der Waals surface area (Å²) in [5.41, 5.74) is 0.815. The summed E-state index contributed by atoms with van der Waals surface area (Å²) in [5, 5.41) is 5.41. The highest BCUT2D eigenvalue weighted by atomic mass is 32.2. The Morgan fingerprint density at radius 2 is 2.04 bits per heavy atom. The van der Waals surface area contributed by atoms with E-state index in [0.29, 0.717) is 12.1 Å². The molecular formula is C16H17FN4O3S. The number of sulfone groups is 1. The van der Waals surface area contributed by atoms with Crippen LogP contribution in [0.5, 0.6) is 0 Å². The fourth-order valence-electron chi connectivity index (χ4n) is 2.59. The standard InChI is InChI=1S/C16H17FN4O3S/c1-10-8-14(15(22)19-11-6-7-25(23,24)9-11)21-16(18-10)20-13-5-3-2-4-12(13)17/h2-5,8,11H,6-7,9H2,1H3,(H,19,22)(H,18,20,21). The number of anilines is 2. The number of nitrogens with one attached hydrogen (secondary N) is 2. The van der Waals surface area contributed by atoms with Crippen LogP contribution in [-0.4, -0.2) is 41.8 Å². The molecule has 0 saturated carbocycles.